The van der Waals surface area contributed by atoms with Crippen LogP contribution in [0.1, 0.15) is 18.4 Å². The summed E-state index contributed by atoms with van der Waals surface area (Å²) in [6.45, 7) is 0.788. The van der Waals surface area contributed by atoms with Crippen molar-refractivity contribution < 1.29 is 24.4 Å². The van der Waals surface area contributed by atoms with Gasteiger partial charge in [-0.2, -0.15) is 0 Å². The molecule has 0 bridgehead atoms. The monoisotopic (exact) mass is 324 g/mol. The molecular formula is C14H20N4O5. The summed E-state index contributed by atoms with van der Waals surface area (Å²) in [5.41, 5.74) is 6.51. The minimum Gasteiger partial charge on any atom is -0.569 e. The Hall–Kier alpha value is -2.55. The van der Waals surface area contributed by atoms with Crippen molar-refractivity contribution in [2.75, 3.05) is 19.9 Å². The molecule has 9 nitrogen and oxygen atoms in total. The first-order valence-electron chi connectivity index (χ1n) is 7.31. The molecule has 1 aliphatic heterocycles. The number of ether oxygens (including phenoxy) is 1. The van der Waals surface area contributed by atoms with E-state index in [4.69, 9.17) is 10.5 Å². The van der Waals surface area contributed by atoms with Gasteiger partial charge in [-0.1, -0.05) is 12.1 Å². The average molecular weight is 324 g/mol. The van der Waals surface area contributed by atoms with Crippen molar-refractivity contribution in [3.63, 3.8) is 0 Å². The quantitative estimate of drug-likeness (QED) is 0.189. The summed E-state index contributed by atoms with van der Waals surface area (Å²) in [5.74, 6) is -0.521. The van der Waals surface area contributed by atoms with Crippen LogP contribution in [0.2, 0.25) is 0 Å². The predicted molar refractivity (Wildman–Crippen MR) is 78.7 cm³/mol. The molecule has 0 unspecified atom stereocenters. The van der Waals surface area contributed by atoms with Gasteiger partial charge < -0.3 is 25.6 Å². The van der Waals surface area contributed by atoms with Crippen molar-refractivity contribution in [1.29, 1.82) is 0 Å². The number of rotatable bonds is 7. The summed E-state index contributed by atoms with van der Waals surface area (Å²) in [6.07, 6.45) is 2.14. The summed E-state index contributed by atoms with van der Waals surface area (Å²) in [7, 11) is 0. The number of hydrogen-bond donors (Lipinski definition) is 2. The van der Waals surface area contributed by atoms with Gasteiger partial charge in [-0.25, -0.2) is 0 Å². The first-order valence-corrected chi connectivity index (χ1v) is 7.31. The molecule has 1 atom stereocenters. The number of benzene rings is 1. The zero-order chi connectivity index (χ0) is 16.7. The van der Waals surface area contributed by atoms with E-state index in [1.807, 2.05) is 0 Å². The standard InChI is InChI=1S/C14H20N4O5/c15-13(9-11-3-5-12(19)6-4-11)14(20)22-10-23-16-18(21)17-7-1-2-8-17/h3-6,13,19H,1-2,7-10,15H2/b18-16-/t13-/m0/s1. The van der Waals surface area contributed by atoms with Crippen LogP contribution in [0.4, 0.5) is 0 Å². The maximum Gasteiger partial charge on any atom is 0.326 e. The smallest absolute Gasteiger partial charge is 0.326 e. The SMILES string of the molecule is N[C@@H](Cc1ccc(O)cc1)C(=O)OCO/N=[N+](\[O-])N1CCCC1. The fourth-order valence-corrected chi connectivity index (χ4v) is 2.16. The van der Waals surface area contributed by atoms with Gasteiger partial charge in [0.2, 0.25) is 5.28 Å². The molecule has 0 amide bonds. The molecule has 23 heavy (non-hydrogen) atoms. The van der Waals surface area contributed by atoms with Gasteiger partial charge in [0, 0.05) is 0 Å². The fourth-order valence-electron chi connectivity index (χ4n) is 2.16. The molecule has 1 heterocycles. The molecular weight excluding hydrogens is 304 g/mol. The van der Waals surface area contributed by atoms with E-state index in [0.717, 1.165) is 18.4 Å². The van der Waals surface area contributed by atoms with Gasteiger partial charge >= 0.3 is 5.97 Å². The Morgan fingerprint density at radius 3 is 2.70 bits per heavy atom. The zero-order valence-corrected chi connectivity index (χ0v) is 12.6. The van der Waals surface area contributed by atoms with E-state index in [9.17, 15) is 15.1 Å². The lowest BCUT2D eigenvalue weighted by Gasteiger charge is -2.11. The molecule has 1 aromatic carbocycles. The van der Waals surface area contributed by atoms with Crippen LogP contribution in [0.15, 0.2) is 29.5 Å². The summed E-state index contributed by atoms with van der Waals surface area (Å²) in [4.78, 5) is 16.7. The molecule has 1 aliphatic rings. The minimum atomic E-state index is -0.870. The normalized spacial score (nSPS) is 16.2. The van der Waals surface area contributed by atoms with E-state index >= 15 is 0 Å². The number of nitrogens with zero attached hydrogens (tertiary/aromatic N) is 3. The number of nitrogens with two attached hydrogens (primary N) is 1. The molecule has 0 aromatic heterocycles. The van der Waals surface area contributed by atoms with E-state index in [1.165, 1.54) is 17.1 Å². The predicted octanol–water partition coefficient (Wildman–Crippen LogP) is 0.668. The van der Waals surface area contributed by atoms with Crippen molar-refractivity contribution in [1.82, 2.24) is 5.01 Å². The van der Waals surface area contributed by atoms with Crippen LogP contribution in [0.3, 0.4) is 0 Å². The summed E-state index contributed by atoms with van der Waals surface area (Å²) < 4.78 is 4.80. The van der Waals surface area contributed by atoms with Crippen LogP contribution in [0.25, 0.3) is 0 Å². The molecule has 2 rings (SSSR count). The third-order valence-corrected chi connectivity index (χ3v) is 3.40. The van der Waals surface area contributed by atoms with E-state index in [2.05, 4.69) is 10.1 Å². The van der Waals surface area contributed by atoms with Crippen LogP contribution in [-0.2, 0) is 20.8 Å². The van der Waals surface area contributed by atoms with Gasteiger partial charge in [0.1, 0.15) is 11.8 Å². The molecule has 0 aliphatic carbocycles. The molecule has 0 saturated carbocycles. The van der Waals surface area contributed by atoms with E-state index in [1.54, 1.807) is 12.1 Å². The molecule has 1 saturated heterocycles. The largest absolute Gasteiger partial charge is 0.569 e. The third kappa shape index (κ3) is 5.29. The van der Waals surface area contributed by atoms with Crippen LogP contribution in [0.5, 0.6) is 5.75 Å². The van der Waals surface area contributed by atoms with Crippen molar-refractivity contribution in [2.24, 2.45) is 11.0 Å². The number of hydrogen-bond acceptors (Lipinski definition) is 7. The highest BCUT2D eigenvalue weighted by Gasteiger charge is 2.19. The first kappa shape index (κ1) is 16.8. The Bertz CT molecular complexity index is 543. The number of hydrazine groups is 1. The zero-order valence-electron chi connectivity index (χ0n) is 12.6. The Balaban J connectivity index is 1.69. The van der Waals surface area contributed by atoms with Crippen LogP contribution in [0, 0.1) is 5.21 Å². The van der Waals surface area contributed by atoms with E-state index < -0.39 is 18.8 Å². The Labute approximate surface area is 133 Å². The van der Waals surface area contributed by atoms with Crippen LogP contribution < -0.4 is 5.73 Å². The van der Waals surface area contributed by atoms with Gasteiger partial charge in [0.25, 0.3) is 6.79 Å². The maximum absolute atomic E-state index is 11.7. The molecule has 1 aromatic rings. The maximum atomic E-state index is 11.7. The highest BCUT2D eigenvalue weighted by Crippen LogP contribution is 2.11. The summed E-state index contributed by atoms with van der Waals surface area (Å²) in [5, 5.41) is 25.4. The topological polar surface area (TPSA) is 123 Å². The fraction of sp³-hybridized carbons (Fsp3) is 0.500. The average Bonchev–Trinajstić information content (AvgIpc) is 3.07. The van der Waals surface area contributed by atoms with Gasteiger partial charge in [-0.3, -0.25) is 4.79 Å². The molecule has 0 radical (unpaired) electrons. The number of esters is 1. The van der Waals surface area contributed by atoms with Gasteiger partial charge in [0.05, 0.1) is 18.1 Å². The lowest BCUT2D eigenvalue weighted by molar-refractivity contribution is -0.708. The highest BCUT2D eigenvalue weighted by atomic mass is 16.8. The van der Waals surface area contributed by atoms with Crippen molar-refractivity contribution >= 4 is 5.97 Å². The molecule has 9 heteroatoms. The highest BCUT2D eigenvalue weighted by molar-refractivity contribution is 5.75. The van der Waals surface area contributed by atoms with Crippen molar-refractivity contribution in [3.8, 4) is 5.75 Å². The van der Waals surface area contributed by atoms with Crippen molar-refractivity contribution in [2.45, 2.75) is 25.3 Å². The lowest BCUT2D eigenvalue weighted by Crippen LogP contribution is -2.34. The minimum absolute atomic E-state index is 0.139. The summed E-state index contributed by atoms with van der Waals surface area (Å²) in [6, 6.07) is 5.48. The van der Waals surface area contributed by atoms with Gasteiger partial charge in [-0.15, -0.1) is 5.01 Å². The first-order chi connectivity index (χ1) is 11.1. The van der Waals surface area contributed by atoms with E-state index in [-0.39, 0.29) is 12.2 Å². The van der Waals surface area contributed by atoms with E-state index in [0.29, 0.717) is 18.1 Å². The second-order valence-corrected chi connectivity index (χ2v) is 5.18. The number of carbonyl (C=O) groups is 1. The second kappa shape index (κ2) is 8.18. The lowest BCUT2D eigenvalue weighted by atomic mass is 10.1. The molecule has 126 valence electrons. The molecule has 0 spiro atoms. The Morgan fingerprint density at radius 2 is 2.04 bits per heavy atom. The van der Waals surface area contributed by atoms with Gasteiger partial charge in [0.15, 0.2) is 0 Å². The second-order valence-electron chi connectivity index (χ2n) is 5.18. The number of phenolic OH excluding ortho intramolecular Hbond substituents is 1. The van der Waals surface area contributed by atoms with Gasteiger partial charge in [-0.05, 0) is 37.0 Å². The van der Waals surface area contributed by atoms with Crippen LogP contribution >= 0.6 is 0 Å². The molecule has 1 fully saturated rings. The number of aromatic hydroxyl groups is 1. The molecule has 3 N–H and O–H groups in total. The van der Waals surface area contributed by atoms with Crippen LogP contribution in [-0.4, -0.2) is 47.0 Å². The number of phenols is 1. The third-order valence-electron chi connectivity index (χ3n) is 3.40. The van der Waals surface area contributed by atoms with Crippen molar-refractivity contribution in [3.05, 3.63) is 35.0 Å². The summed E-state index contributed by atoms with van der Waals surface area (Å²) >= 11 is 0. The Kier molecular flexibility index (Phi) is 5.98. The Morgan fingerprint density at radius 1 is 1.39 bits per heavy atom. The number of carbonyl (C=O) groups excluding carboxylic acids is 1.